The third-order valence-corrected chi connectivity index (χ3v) is 10.7. The molecule has 0 spiro atoms. The van der Waals surface area contributed by atoms with Crippen LogP contribution in [0.3, 0.4) is 0 Å². The van der Waals surface area contributed by atoms with Crippen LogP contribution in [-0.4, -0.2) is 15.0 Å². The van der Waals surface area contributed by atoms with Crippen molar-refractivity contribution in [2.45, 2.75) is 0 Å². The summed E-state index contributed by atoms with van der Waals surface area (Å²) in [7, 11) is 0. The van der Waals surface area contributed by atoms with Crippen molar-refractivity contribution in [3.63, 3.8) is 0 Å². The van der Waals surface area contributed by atoms with Gasteiger partial charge < -0.3 is 4.42 Å². The van der Waals surface area contributed by atoms with Crippen molar-refractivity contribution in [1.82, 2.24) is 15.0 Å². The lowest BCUT2D eigenvalue weighted by atomic mass is 9.93. The van der Waals surface area contributed by atoms with E-state index in [1.54, 1.807) is 0 Å². The van der Waals surface area contributed by atoms with Gasteiger partial charge in [0.1, 0.15) is 11.2 Å². The number of rotatable bonds is 5. The Morgan fingerprint density at radius 2 is 0.873 bits per heavy atom. The minimum Gasteiger partial charge on any atom is -0.455 e. The first-order valence-electron chi connectivity index (χ1n) is 18.5. The highest BCUT2D eigenvalue weighted by Crippen LogP contribution is 2.43. The zero-order chi connectivity index (χ0) is 36.3. The van der Waals surface area contributed by atoms with Gasteiger partial charge in [0.25, 0.3) is 0 Å². The van der Waals surface area contributed by atoms with Crippen molar-refractivity contribution in [3.8, 4) is 56.4 Å². The molecule has 2 heterocycles. The Balaban J connectivity index is 1.17. The standard InChI is InChI=1S/C51H31N3O/c1-3-15-32(16-4-1)36-20-9-10-22-38(36)41-25-13-26-42-47-43(27-14-28-45(47)55-48(41)42)50-52-49(34-18-5-2-6-19-34)53-51(54-50)44-31-35-30-29-33-17-7-8-21-37(33)46(35)40-24-12-11-23-39(40)44/h1-31H. The summed E-state index contributed by atoms with van der Waals surface area (Å²) in [5.41, 5.74) is 8.86. The summed E-state index contributed by atoms with van der Waals surface area (Å²) in [6.45, 7) is 0. The number of aromatic nitrogens is 3. The van der Waals surface area contributed by atoms with Gasteiger partial charge in [-0.25, -0.2) is 15.0 Å². The first-order valence-corrected chi connectivity index (χ1v) is 18.5. The van der Waals surface area contributed by atoms with Crippen molar-refractivity contribution in [1.29, 1.82) is 0 Å². The predicted molar refractivity (Wildman–Crippen MR) is 227 cm³/mol. The Morgan fingerprint density at radius 3 is 1.69 bits per heavy atom. The van der Waals surface area contributed by atoms with Gasteiger partial charge in [-0.1, -0.05) is 176 Å². The lowest BCUT2D eigenvalue weighted by Crippen LogP contribution is -2.01. The molecule has 55 heavy (non-hydrogen) atoms. The van der Waals surface area contributed by atoms with E-state index >= 15 is 0 Å². The first kappa shape index (κ1) is 31.1. The van der Waals surface area contributed by atoms with Gasteiger partial charge in [-0.2, -0.15) is 0 Å². The number of nitrogens with zero attached hydrogens (tertiary/aromatic N) is 3. The lowest BCUT2D eigenvalue weighted by molar-refractivity contribution is 0.670. The molecule has 4 nitrogen and oxygen atoms in total. The molecule has 0 saturated heterocycles. The molecule has 0 radical (unpaired) electrons. The SMILES string of the molecule is c1ccc(-c2nc(-c3cc4ccc5ccccc5c4c4ccccc34)nc(-c3cccc4oc5c(-c6ccccc6-c6ccccc6)cccc5c34)n2)cc1. The van der Waals surface area contributed by atoms with E-state index in [-0.39, 0.29) is 0 Å². The molecule has 2 aromatic heterocycles. The van der Waals surface area contributed by atoms with E-state index in [1.165, 1.54) is 21.5 Å². The summed E-state index contributed by atoms with van der Waals surface area (Å²) < 4.78 is 6.79. The van der Waals surface area contributed by atoms with Crippen LogP contribution in [-0.2, 0) is 0 Å². The summed E-state index contributed by atoms with van der Waals surface area (Å²) in [4.78, 5) is 15.7. The van der Waals surface area contributed by atoms with Crippen molar-refractivity contribution >= 4 is 54.3 Å². The number of furan rings is 1. The molecule has 0 aliphatic rings. The van der Waals surface area contributed by atoms with Crippen LogP contribution >= 0.6 is 0 Å². The fraction of sp³-hybridized carbons (Fsp3) is 0. The zero-order valence-electron chi connectivity index (χ0n) is 29.6. The number of para-hydroxylation sites is 1. The van der Waals surface area contributed by atoms with E-state index < -0.39 is 0 Å². The fourth-order valence-corrected chi connectivity index (χ4v) is 8.23. The van der Waals surface area contributed by atoms with E-state index in [2.05, 4.69) is 152 Å². The maximum absolute atomic E-state index is 6.79. The van der Waals surface area contributed by atoms with Crippen LogP contribution in [0.4, 0.5) is 0 Å². The van der Waals surface area contributed by atoms with E-state index in [0.29, 0.717) is 17.5 Å². The van der Waals surface area contributed by atoms with Crippen LogP contribution in [0.25, 0.3) is 111 Å². The average molecular weight is 702 g/mol. The maximum Gasteiger partial charge on any atom is 0.164 e. The van der Waals surface area contributed by atoms with E-state index in [9.17, 15) is 0 Å². The van der Waals surface area contributed by atoms with Gasteiger partial charge in [0.2, 0.25) is 0 Å². The number of fused-ring (bicyclic) bond motifs is 8. The fourth-order valence-electron chi connectivity index (χ4n) is 8.23. The quantitative estimate of drug-likeness (QED) is 0.168. The Morgan fingerprint density at radius 1 is 0.309 bits per heavy atom. The molecule has 11 aromatic rings. The number of benzene rings is 9. The highest BCUT2D eigenvalue weighted by Gasteiger charge is 2.21. The molecule has 0 N–H and O–H groups in total. The number of hydrogen-bond acceptors (Lipinski definition) is 4. The molecular weight excluding hydrogens is 671 g/mol. The molecule has 0 bridgehead atoms. The van der Waals surface area contributed by atoms with Crippen LogP contribution in [0.1, 0.15) is 0 Å². The van der Waals surface area contributed by atoms with Crippen LogP contribution in [0.2, 0.25) is 0 Å². The van der Waals surface area contributed by atoms with E-state index in [0.717, 1.165) is 71.7 Å². The summed E-state index contributed by atoms with van der Waals surface area (Å²) in [6, 6.07) is 65.6. The first-order chi connectivity index (χ1) is 27.3. The third kappa shape index (κ3) is 5.11. The van der Waals surface area contributed by atoms with Crippen molar-refractivity contribution < 1.29 is 4.42 Å². The minimum atomic E-state index is 0.593. The van der Waals surface area contributed by atoms with Crippen LogP contribution < -0.4 is 0 Å². The highest BCUT2D eigenvalue weighted by molar-refractivity contribution is 6.23. The summed E-state index contributed by atoms with van der Waals surface area (Å²) in [5.74, 6) is 1.83. The molecule has 11 rings (SSSR count). The zero-order valence-corrected chi connectivity index (χ0v) is 29.6. The van der Waals surface area contributed by atoms with Gasteiger partial charge in [-0.3, -0.25) is 0 Å². The molecule has 0 fully saturated rings. The summed E-state index contributed by atoms with van der Waals surface area (Å²) >= 11 is 0. The topological polar surface area (TPSA) is 51.8 Å². The Labute approximate surface area is 317 Å². The Kier molecular flexibility index (Phi) is 7.14. The Bertz CT molecular complexity index is 3260. The summed E-state index contributed by atoms with van der Waals surface area (Å²) in [6.07, 6.45) is 0. The Hall–Kier alpha value is -7.43. The van der Waals surface area contributed by atoms with Crippen LogP contribution in [0.15, 0.2) is 192 Å². The van der Waals surface area contributed by atoms with E-state index in [4.69, 9.17) is 19.4 Å². The second-order valence-electron chi connectivity index (χ2n) is 13.9. The molecule has 0 atom stereocenters. The average Bonchev–Trinajstić information content (AvgIpc) is 3.66. The molecule has 0 saturated carbocycles. The molecule has 4 heteroatoms. The van der Waals surface area contributed by atoms with Gasteiger partial charge in [-0.05, 0) is 61.1 Å². The normalized spacial score (nSPS) is 11.6. The molecular formula is C51H31N3O. The van der Waals surface area contributed by atoms with Crippen LogP contribution in [0, 0.1) is 0 Å². The second kappa shape index (κ2) is 12.6. The lowest BCUT2D eigenvalue weighted by Gasteiger charge is -2.14. The van der Waals surface area contributed by atoms with E-state index in [1.807, 2.05) is 36.4 Å². The van der Waals surface area contributed by atoms with Gasteiger partial charge in [0.15, 0.2) is 17.5 Å². The van der Waals surface area contributed by atoms with Crippen molar-refractivity contribution in [3.05, 3.63) is 188 Å². The molecule has 0 aliphatic heterocycles. The van der Waals surface area contributed by atoms with Crippen LogP contribution in [0.5, 0.6) is 0 Å². The highest BCUT2D eigenvalue weighted by atomic mass is 16.3. The van der Waals surface area contributed by atoms with Gasteiger partial charge in [-0.15, -0.1) is 0 Å². The molecule has 9 aromatic carbocycles. The van der Waals surface area contributed by atoms with Gasteiger partial charge >= 0.3 is 0 Å². The second-order valence-corrected chi connectivity index (χ2v) is 13.9. The third-order valence-electron chi connectivity index (χ3n) is 10.7. The molecule has 0 aliphatic carbocycles. The van der Waals surface area contributed by atoms with Crippen molar-refractivity contribution in [2.24, 2.45) is 0 Å². The molecule has 0 unspecified atom stereocenters. The van der Waals surface area contributed by atoms with Gasteiger partial charge in [0.05, 0.1) is 0 Å². The minimum absolute atomic E-state index is 0.593. The predicted octanol–water partition coefficient (Wildman–Crippen LogP) is 13.6. The maximum atomic E-state index is 6.79. The largest absolute Gasteiger partial charge is 0.455 e. The van der Waals surface area contributed by atoms with Crippen molar-refractivity contribution in [2.75, 3.05) is 0 Å². The number of hydrogen-bond donors (Lipinski definition) is 0. The molecule has 0 amide bonds. The smallest absolute Gasteiger partial charge is 0.164 e. The summed E-state index contributed by atoms with van der Waals surface area (Å²) in [5, 5.41) is 9.07. The molecule has 256 valence electrons. The monoisotopic (exact) mass is 701 g/mol. The van der Waals surface area contributed by atoms with Gasteiger partial charge in [0, 0.05) is 33.0 Å².